The van der Waals surface area contributed by atoms with Crippen LogP contribution in [0.2, 0.25) is 10.0 Å². The average Bonchev–Trinajstić information content (AvgIpc) is 2.54. The van der Waals surface area contributed by atoms with Gasteiger partial charge in [0.15, 0.2) is 0 Å². The summed E-state index contributed by atoms with van der Waals surface area (Å²) in [6, 6.07) is 12.2. The highest BCUT2D eigenvalue weighted by Gasteiger charge is 2.20. The lowest BCUT2D eigenvalue weighted by molar-refractivity contribution is -0.143. The van der Waals surface area contributed by atoms with Crippen molar-refractivity contribution in [3.8, 4) is 0 Å². The van der Waals surface area contributed by atoms with E-state index >= 15 is 0 Å². The van der Waals surface area contributed by atoms with E-state index in [4.69, 9.17) is 33.7 Å². The van der Waals surface area contributed by atoms with Crippen LogP contribution in [-0.2, 0) is 22.5 Å². The molecule has 0 aliphatic carbocycles. The van der Waals surface area contributed by atoms with E-state index in [1.807, 2.05) is 12.1 Å². The molecule has 2 aromatic rings. The van der Waals surface area contributed by atoms with E-state index in [0.717, 1.165) is 11.1 Å². The van der Waals surface area contributed by atoms with Crippen LogP contribution in [0.1, 0.15) is 11.1 Å². The molecule has 2 aromatic carbocycles. The number of carbonyl (C=O) groups excluding carboxylic acids is 1. The van der Waals surface area contributed by atoms with E-state index in [0.29, 0.717) is 28.7 Å². The number of halogens is 2. The average molecular weight is 353 g/mol. The third-order valence-corrected chi connectivity index (χ3v) is 4.20. The number of ether oxygens (including phenoxy) is 1. The predicted octanol–water partition coefficient (Wildman–Crippen LogP) is 3.45. The SMILES string of the molecule is COC(=O)[C@H](Cc1ccc(N)cc1)NCc1c(Cl)cccc1Cl. The first-order valence-electron chi connectivity index (χ1n) is 7.09. The zero-order chi connectivity index (χ0) is 16.8. The summed E-state index contributed by atoms with van der Waals surface area (Å²) in [5, 5.41) is 4.27. The summed E-state index contributed by atoms with van der Waals surface area (Å²) in [6.45, 7) is 0.368. The topological polar surface area (TPSA) is 64.3 Å². The van der Waals surface area contributed by atoms with Crippen molar-refractivity contribution in [1.29, 1.82) is 0 Å². The van der Waals surface area contributed by atoms with Gasteiger partial charge < -0.3 is 10.5 Å². The number of hydrogen-bond acceptors (Lipinski definition) is 4. The first-order valence-corrected chi connectivity index (χ1v) is 7.85. The van der Waals surface area contributed by atoms with Crippen molar-refractivity contribution in [2.45, 2.75) is 19.0 Å². The van der Waals surface area contributed by atoms with Crippen molar-refractivity contribution in [2.75, 3.05) is 12.8 Å². The summed E-state index contributed by atoms with van der Waals surface area (Å²) in [4.78, 5) is 12.0. The third-order valence-electron chi connectivity index (χ3n) is 3.49. The van der Waals surface area contributed by atoms with Gasteiger partial charge in [0.2, 0.25) is 0 Å². The smallest absolute Gasteiger partial charge is 0.323 e. The summed E-state index contributed by atoms with van der Waals surface area (Å²) >= 11 is 12.3. The van der Waals surface area contributed by atoms with Gasteiger partial charge in [0.25, 0.3) is 0 Å². The van der Waals surface area contributed by atoms with E-state index in [9.17, 15) is 4.79 Å². The minimum atomic E-state index is -0.504. The van der Waals surface area contributed by atoms with Crippen LogP contribution < -0.4 is 11.1 Å². The van der Waals surface area contributed by atoms with Gasteiger partial charge in [-0.3, -0.25) is 10.1 Å². The molecule has 0 saturated carbocycles. The van der Waals surface area contributed by atoms with Gasteiger partial charge in [-0.25, -0.2) is 0 Å². The number of carbonyl (C=O) groups is 1. The predicted molar refractivity (Wildman–Crippen MR) is 93.7 cm³/mol. The number of benzene rings is 2. The maximum Gasteiger partial charge on any atom is 0.323 e. The van der Waals surface area contributed by atoms with Crippen LogP contribution in [0.15, 0.2) is 42.5 Å². The molecule has 0 heterocycles. The highest BCUT2D eigenvalue weighted by molar-refractivity contribution is 6.35. The Kier molecular flexibility index (Phi) is 6.28. The second-order valence-corrected chi connectivity index (χ2v) is 5.92. The fourth-order valence-corrected chi connectivity index (χ4v) is 2.73. The lowest BCUT2D eigenvalue weighted by Crippen LogP contribution is -2.39. The zero-order valence-corrected chi connectivity index (χ0v) is 14.2. The minimum Gasteiger partial charge on any atom is -0.468 e. The van der Waals surface area contributed by atoms with Gasteiger partial charge in [-0.05, 0) is 36.2 Å². The standard InChI is InChI=1S/C17H18Cl2N2O2/c1-23-17(22)16(9-11-5-7-12(20)8-6-11)21-10-13-14(18)3-2-4-15(13)19/h2-8,16,21H,9-10,20H2,1H3/t16-/m0/s1. The Morgan fingerprint density at radius 2 is 1.78 bits per heavy atom. The molecule has 4 nitrogen and oxygen atoms in total. The number of anilines is 1. The van der Waals surface area contributed by atoms with Crippen LogP contribution in [0.5, 0.6) is 0 Å². The number of methoxy groups -OCH3 is 1. The largest absolute Gasteiger partial charge is 0.468 e. The van der Waals surface area contributed by atoms with Crippen LogP contribution in [0.3, 0.4) is 0 Å². The fraction of sp³-hybridized carbons (Fsp3) is 0.235. The van der Waals surface area contributed by atoms with Gasteiger partial charge in [-0.2, -0.15) is 0 Å². The molecule has 0 aliphatic rings. The minimum absolute atomic E-state index is 0.343. The molecule has 0 spiro atoms. The molecule has 0 fully saturated rings. The van der Waals surface area contributed by atoms with Gasteiger partial charge in [0.1, 0.15) is 6.04 Å². The highest BCUT2D eigenvalue weighted by Crippen LogP contribution is 2.24. The number of hydrogen-bond donors (Lipinski definition) is 2. The quantitative estimate of drug-likeness (QED) is 0.617. The molecular weight excluding hydrogens is 335 g/mol. The molecule has 6 heteroatoms. The molecule has 0 bridgehead atoms. The van der Waals surface area contributed by atoms with Crippen molar-refractivity contribution in [1.82, 2.24) is 5.32 Å². The molecule has 0 amide bonds. The van der Waals surface area contributed by atoms with E-state index in [1.54, 1.807) is 30.3 Å². The molecule has 0 saturated heterocycles. The first-order chi connectivity index (χ1) is 11.0. The molecule has 0 aromatic heterocycles. The number of nitrogen functional groups attached to an aromatic ring is 1. The molecule has 0 radical (unpaired) electrons. The second-order valence-electron chi connectivity index (χ2n) is 5.10. The first kappa shape index (κ1) is 17.6. The van der Waals surface area contributed by atoms with Crippen LogP contribution >= 0.6 is 23.2 Å². The van der Waals surface area contributed by atoms with E-state index in [2.05, 4.69) is 5.32 Å². The van der Waals surface area contributed by atoms with Crippen molar-refractivity contribution in [2.24, 2.45) is 0 Å². The Morgan fingerprint density at radius 3 is 2.35 bits per heavy atom. The number of esters is 1. The monoisotopic (exact) mass is 352 g/mol. The summed E-state index contributed by atoms with van der Waals surface area (Å²) in [7, 11) is 1.36. The maximum absolute atomic E-state index is 12.0. The summed E-state index contributed by atoms with van der Waals surface area (Å²) < 4.78 is 4.87. The van der Waals surface area contributed by atoms with Crippen molar-refractivity contribution in [3.63, 3.8) is 0 Å². The Hall–Kier alpha value is -1.75. The maximum atomic E-state index is 12.0. The Labute approximate surface area is 145 Å². The summed E-state index contributed by atoms with van der Waals surface area (Å²) in [5.74, 6) is -0.343. The van der Waals surface area contributed by atoms with E-state index in [-0.39, 0.29) is 5.97 Å². The third kappa shape index (κ3) is 4.86. The summed E-state index contributed by atoms with van der Waals surface area (Å²) in [5.41, 5.74) is 8.09. The van der Waals surface area contributed by atoms with Gasteiger partial charge in [0, 0.05) is 27.8 Å². The molecular formula is C17H18Cl2N2O2. The van der Waals surface area contributed by atoms with Gasteiger partial charge >= 0.3 is 5.97 Å². The second kappa shape index (κ2) is 8.20. The normalized spacial score (nSPS) is 12.0. The van der Waals surface area contributed by atoms with Crippen molar-refractivity contribution >= 4 is 34.9 Å². The number of nitrogens with one attached hydrogen (secondary N) is 1. The molecule has 0 unspecified atom stereocenters. The molecule has 2 rings (SSSR count). The van der Waals surface area contributed by atoms with Crippen molar-refractivity contribution in [3.05, 3.63) is 63.6 Å². The molecule has 0 aliphatic heterocycles. The fourth-order valence-electron chi connectivity index (χ4n) is 2.20. The van der Waals surface area contributed by atoms with Gasteiger partial charge in [-0.1, -0.05) is 41.4 Å². The molecule has 122 valence electrons. The Bertz CT molecular complexity index is 655. The molecule has 3 N–H and O–H groups in total. The van der Waals surface area contributed by atoms with Crippen LogP contribution in [0.4, 0.5) is 5.69 Å². The number of rotatable bonds is 6. The Morgan fingerprint density at radius 1 is 1.17 bits per heavy atom. The van der Waals surface area contributed by atoms with Crippen molar-refractivity contribution < 1.29 is 9.53 Å². The van der Waals surface area contributed by atoms with Crippen LogP contribution in [0, 0.1) is 0 Å². The van der Waals surface area contributed by atoms with Gasteiger partial charge in [-0.15, -0.1) is 0 Å². The van der Waals surface area contributed by atoms with Gasteiger partial charge in [0.05, 0.1) is 7.11 Å². The lowest BCUT2D eigenvalue weighted by atomic mass is 10.1. The highest BCUT2D eigenvalue weighted by atomic mass is 35.5. The Balaban J connectivity index is 2.10. The number of nitrogens with two attached hydrogens (primary N) is 1. The molecule has 1 atom stereocenters. The molecule has 23 heavy (non-hydrogen) atoms. The zero-order valence-electron chi connectivity index (χ0n) is 12.7. The lowest BCUT2D eigenvalue weighted by Gasteiger charge is -2.18. The van der Waals surface area contributed by atoms with E-state index in [1.165, 1.54) is 7.11 Å². The summed E-state index contributed by atoms with van der Waals surface area (Å²) in [6.07, 6.45) is 0.481. The van der Waals surface area contributed by atoms with E-state index < -0.39 is 6.04 Å². The van der Waals surface area contributed by atoms with Crippen LogP contribution in [0.25, 0.3) is 0 Å². The van der Waals surface area contributed by atoms with Crippen LogP contribution in [-0.4, -0.2) is 19.1 Å².